The van der Waals surface area contributed by atoms with Crippen molar-refractivity contribution in [2.45, 2.75) is 51.4 Å². The Morgan fingerprint density at radius 3 is 2.55 bits per heavy atom. The van der Waals surface area contributed by atoms with Crippen LogP contribution in [0.2, 0.25) is 0 Å². The number of fused-ring (bicyclic) bond motifs is 1. The SMILES string of the molecule is CC1(C)CC(Nc2ccc3[nH]c(=O)[nH]c3c2)C(C)(C)O1. The molecule has 0 saturated carbocycles. The molecule has 1 aliphatic heterocycles. The molecule has 0 spiro atoms. The molecule has 2 aromatic rings. The van der Waals surface area contributed by atoms with Crippen LogP contribution in [0.25, 0.3) is 11.0 Å². The lowest BCUT2D eigenvalue weighted by molar-refractivity contribution is -0.0662. The second-order valence-electron chi connectivity index (χ2n) is 6.71. The summed E-state index contributed by atoms with van der Waals surface area (Å²) in [5.74, 6) is 0. The molecular formula is C15H21N3O2. The Morgan fingerprint density at radius 1 is 1.20 bits per heavy atom. The van der Waals surface area contributed by atoms with Crippen LogP contribution in [-0.2, 0) is 4.74 Å². The second kappa shape index (κ2) is 4.12. The fraction of sp³-hybridized carbons (Fsp3) is 0.533. The van der Waals surface area contributed by atoms with E-state index >= 15 is 0 Å². The maximum atomic E-state index is 11.3. The maximum absolute atomic E-state index is 11.3. The van der Waals surface area contributed by atoms with E-state index in [2.05, 4.69) is 43.0 Å². The summed E-state index contributed by atoms with van der Waals surface area (Å²) in [6.45, 7) is 8.44. The Labute approximate surface area is 117 Å². The van der Waals surface area contributed by atoms with Gasteiger partial charge in [0.05, 0.1) is 28.3 Å². The summed E-state index contributed by atoms with van der Waals surface area (Å²) in [6, 6.07) is 6.08. The topological polar surface area (TPSA) is 69.9 Å². The minimum Gasteiger partial charge on any atom is -0.379 e. The third-order valence-corrected chi connectivity index (χ3v) is 3.93. The quantitative estimate of drug-likeness (QED) is 0.789. The number of ether oxygens (including phenoxy) is 1. The highest BCUT2D eigenvalue weighted by molar-refractivity contribution is 5.78. The Balaban J connectivity index is 1.87. The van der Waals surface area contributed by atoms with Crippen LogP contribution >= 0.6 is 0 Å². The van der Waals surface area contributed by atoms with Gasteiger partial charge in [-0.3, -0.25) is 0 Å². The fourth-order valence-corrected chi connectivity index (χ4v) is 3.11. The third-order valence-electron chi connectivity index (χ3n) is 3.93. The minimum absolute atomic E-state index is 0.117. The molecule has 1 aromatic heterocycles. The van der Waals surface area contributed by atoms with Crippen LogP contribution in [0.15, 0.2) is 23.0 Å². The molecule has 1 saturated heterocycles. The van der Waals surface area contributed by atoms with E-state index in [0.717, 1.165) is 23.1 Å². The van der Waals surface area contributed by atoms with Crippen molar-refractivity contribution < 1.29 is 4.74 Å². The average molecular weight is 275 g/mol. The van der Waals surface area contributed by atoms with Gasteiger partial charge in [0.15, 0.2) is 0 Å². The molecule has 0 amide bonds. The van der Waals surface area contributed by atoms with Crippen molar-refractivity contribution in [1.29, 1.82) is 0 Å². The van der Waals surface area contributed by atoms with Crippen LogP contribution in [0.4, 0.5) is 5.69 Å². The number of aromatic amines is 2. The van der Waals surface area contributed by atoms with Crippen molar-refractivity contribution in [2.24, 2.45) is 0 Å². The van der Waals surface area contributed by atoms with Crippen LogP contribution in [0, 0.1) is 0 Å². The van der Waals surface area contributed by atoms with E-state index in [1.807, 2.05) is 18.2 Å². The van der Waals surface area contributed by atoms with E-state index in [9.17, 15) is 4.79 Å². The predicted octanol–water partition coefficient (Wildman–Crippen LogP) is 2.61. The first-order valence-electron chi connectivity index (χ1n) is 6.94. The lowest BCUT2D eigenvalue weighted by Crippen LogP contribution is -2.38. The van der Waals surface area contributed by atoms with Gasteiger partial charge in [-0.2, -0.15) is 0 Å². The molecule has 1 fully saturated rings. The van der Waals surface area contributed by atoms with Gasteiger partial charge in [0.1, 0.15) is 0 Å². The molecule has 1 unspecified atom stereocenters. The average Bonchev–Trinajstić information content (AvgIpc) is 2.74. The molecule has 3 rings (SSSR count). The van der Waals surface area contributed by atoms with Crippen LogP contribution in [0.3, 0.4) is 0 Å². The van der Waals surface area contributed by atoms with E-state index in [0.29, 0.717) is 0 Å². The van der Waals surface area contributed by atoms with Crippen LogP contribution in [-0.4, -0.2) is 27.2 Å². The Kier molecular flexibility index (Phi) is 2.73. The van der Waals surface area contributed by atoms with Crippen LogP contribution in [0.1, 0.15) is 34.1 Å². The van der Waals surface area contributed by atoms with Gasteiger partial charge in [0.2, 0.25) is 0 Å². The van der Waals surface area contributed by atoms with E-state index < -0.39 is 0 Å². The molecule has 2 heterocycles. The highest BCUT2D eigenvalue weighted by Gasteiger charge is 2.45. The van der Waals surface area contributed by atoms with Crippen molar-refractivity contribution in [1.82, 2.24) is 9.97 Å². The fourth-order valence-electron chi connectivity index (χ4n) is 3.11. The molecule has 1 aromatic carbocycles. The van der Waals surface area contributed by atoms with Crippen LogP contribution in [0.5, 0.6) is 0 Å². The number of benzene rings is 1. The molecule has 5 heteroatoms. The largest absolute Gasteiger partial charge is 0.379 e. The molecule has 0 bridgehead atoms. The number of anilines is 1. The Morgan fingerprint density at radius 2 is 1.90 bits per heavy atom. The van der Waals surface area contributed by atoms with Gasteiger partial charge in [-0.1, -0.05) is 0 Å². The van der Waals surface area contributed by atoms with Crippen molar-refractivity contribution in [2.75, 3.05) is 5.32 Å². The number of imidazole rings is 1. The van der Waals surface area contributed by atoms with Gasteiger partial charge in [-0.25, -0.2) is 4.79 Å². The summed E-state index contributed by atoms with van der Waals surface area (Å²) >= 11 is 0. The zero-order valence-corrected chi connectivity index (χ0v) is 12.3. The molecule has 3 N–H and O–H groups in total. The van der Waals surface area contributed by atoms with E-state index in [4.69, 9.17) is 4.74 Å². The predicted molar refractivity (Wildman–Crippen MR) is 80.2 cm³/mol. The summed E-state index contributed by atoms with van der Waals surface area (Å²) < 4.78 is 6.09. The molecule has 1 aliphatic rings. The molecule has 1 atom stereocenters. The lowest BCUT2D eigenvalue weighted by atomic mass is 9.94. The van der Waals surface area contributed by atoms with Gasteiger partial charge in [0, 0.05) is 5.69 Å². The number of nitrogens with one attached hydrogen (secondary N) is 3. The first kappa shape index (κ1) is 13.2. The van der Waals surface area contributed by atoms with Crippen molar-refractivity contribution >= 4 is 16.7 Å². The Bertz CT molecular complexity index is 696. The standard InChI is InChI=1S/C15H21N3O2/c1-14(2)8-12(15(3,4)20-14)16-9-5-6-10-11(7-9)18-13(19)17-10/h5-7,12,16H,8H2,1-4H3,(H2,17,18,19). The normalized spacial score (nSPS) is 24.1. The zero-order valence-electron chi connectivity index (χ0n) is 12.3. The molecule has 0 aliphatic carbocycles. The molecular weight excluding hydrogens is 254 g/mol. The third kappa shape index (κ3) is 2.33. The second-order valence-corrected chi connectivity index (χ2v) is 6.71. The number of H-pyrrole nitrogens is 2. The number of rotatable bonds is 2. The van der Waals surface area contributed by atoms with Gasteiger partial charge in [-0.15, -0.1) is 0 Å². The molecule has 0 radical (unpaired) electrons. The minimum atomic E-state index is -0.218. The summed E-state index contributed by atoms with van der Waals surface area (Å²) in [4.78, 5) is 16.8. The van der Waals surface area contributed by atoms with Crippen LogP contribution < -0.4 is 11.0 Å². The number of hydrogen-bond acceptors (Lipinski definition) is 3. The first-order valence-corrected chi connectivity index (χ1v) is 6.94. The molecule has 108 valence electrons. The smallest absolute Gasteiger partial charge is 0.323 e. The van der Waals surface area contributed by atoms with E-state index in [1.165, 1.54) is 0 Å². The Hall–Kier alpha value is -1.75. The van der Waals surface area contributed by atoms with Gasteiger partial charge in [0.25, 0.3) is 0 Å². The summed E-state index contributed by atoms with van der Waals surface area (Å²) in [5.41, 5.74) is 2.12. The molecule has 20 heavy (non-hydrogen) atoms. The molecule has 5 nitrogen and oxygen atoms in total. The van der Waals surface area contributed by atoms with Gasteiger partial charge >= 0.3 is 5.69 Å². The van der Waals surface area contributed by atoms with Crippen molar-refractivity contribution in [3.05, 3.63) is 28.7 Å². The van der Waals surface area contributed by atoms with E-state index in [1.54, 1.807) is 0 Å². The highest BCUT2D eigenvalue weighted by atomic mass is 16.5. The van der Waals surface area contributed by atoms with Crippen molar-refractivity contribution in [3.8, 4) is 0 Å². The monoisotopic (exact) mass is 275 g/mol. The number of hydrogen-bond donors (Lipinski definition) is 3. The summed E-state index contributed by atoms with van der Waals surface area (Å²) in [5, 5.41) is 3.53. The highest BCUT2D eigenvalue weighted by Crippen LogP contribution is 2.38. The zero-order chi connectivity index (χ0) is 14.5. The maximum Gasteiger partial charge on any atom is 0.323 e. The van der Waals surface area contributed by atoms with E-state index in [-0.39, 0.29) is 22.9 Å². The van der Waals surface area contributed by atoms with Crippen molar-refractivity contribution in [3.63, 3.8) is 0 Å². The number of aromatic nitrogens is 2. The van der Waals surface area contributed by atoms with Gasteiger partial charge in [-0.05, 0) is 52.3 Å². The first-order chi connectivity index (χ1) is 9.25. The summed E-state index contributed by atoms with van der Waals surface area (Å²) in [7, 11) is 0. The van der Waals surface area contributed by atoms with Gasteiger partial charge < -0.3 is 20.0 Å². The lowest BCUT2D eigenvalue weighted by Gasteiger charge is -2.28. The summed E-state index contributed by atoms with van der Waals surface area (Å²) in [6.07, 6.45) is 0.946.